The van der Waals surface area contributed by atoms with E-state index in [1.807, 2.05) is 0 Å². The minimum atomic E-state index is -0.139. The number of hydrogen-bond acceptors (Lipinski definition) is 3. The fraction of sp³-hybridized carbons (Fsp3) is 0.333. The van der Waals surface area contributed by atoms with Gasteiger partial charge in [0, 0.05) is 36.7 Å². The van der Waals surface area contributed by atoms with Crippen molar-refractivity contribution in [2.45, 2.75) is 0 Å². The summed E-state index contributed by atoms with van der Waals surface area (Å²) in [5.41, 5.74) is 0.447. The van der Waals surface area contributed by atoms with Crippen LogP contribution in [0.3, 0.4) is 0 Å². The van der Waals surface area contributed by atoms with Crippen LogP contribution in [-0.2, 0) is 4.79 Å². The van der Waals surface area contributed by atoms with E-state index in [0.717, 1.165) is 0 Å². The molecule has 0 spiro atoms. The lowest BCUT2D eigenvalue weighted by Crippen LogP contribution is -2.50. The first-order valence-corrected chi connectivity index (χ1v) is 7.88. The van der Waals surface area contributed by atoms with E-state index in [1.54, 1.807) is 21.9 Å². The maximum atomic E-state index is 12.6. The average Bonchev–Trinajstić information content (AvgIpc) is 2.55. The second kappa shape index (κ2) is 7.15. The summed E-state index contributed by atoms with van der Waals surface area (Å²) in [5, 5.41) is 0.481. The molecule has 0 atom stereocenters. The van der Waals surface area contributed by atoms with Crippen LogP contribution < -0.4 is 4.74 Å². The van der Waals surface area contributed by atoms with Crippen molar-refractivity contribution in [1.82, 2.24) is 9.80 Å². The monoisotopic (exact) mass is 386 g/mol. The number of benzene rings is 1. The topological polar surface area (TPSA) is 49.9 Å². The van der Waals surface area contributed by atoms with E-state index in [2.05, 4.69) is 22.5 Å². The van der Waals surface area contributed by atoms with Crippen LogP contribution in [0.5, 0.6) is 5.75 Å². The minimum absolute atomic E-state index is 0.112. The van der Waals surface area contributed by atoms with E-state index in [-0.39, 0.29) is 11.8 Å². The van der Waals surface area contributed by atoms with Crippen molar-refractivity contribution in [3.05, 3.63) is 39.8 Å². The van der Waals surface area contributed by atoms with E-state index in [9.17, 15) is 9.59 Å². The Morgan fingerprint density at radius 2 is 1.86 bits per heavy atom. The molecule has 1 saturated heterocycles. The molecule has 1 fully saturated rings. The Labute approximate surface area is 142 Å². The van der Waals surface area contributed by atoms with Crippen LogP contribution in [0.1, 0.15) is 10.4 Å². The van der Waals surface area contributed by atoms with Crippen molar-refractivity contribution in [2.24, 2.45) is 0 Å². The van der Waals surface area contributed by atoms with Gasteiger partial charge in [0.2, 0.25) is 5.91 Å². The van der Waals surface area contributed by atoms with Gasteiger partial charge in [0.05, 0.1) is 17.7 Å². The molecular formula is C15H16BrClN2O3. The maximum Gasteiger partial charge on any atom is 0.257 e. The Morgan fingerprint density at radius 3 is 2.41 bits per heavy atom. The summed E-state index contributed by atoms with van der Waals surface area (Å²) in [6, 6.07) is 3.27. The second-order valence-corrected chi connectivity index (χ2v) is 6.05. The van der Waals surface area contributed by atoms with Crippen LogP contribution in [0.4, 0.5) is 0 Å². The zero-order valence-corrected chi connectivity index (χ0v) is 14.5. The largest absolute Gasteiger partial charge is 0.496 e. The fourth-order valence-electron chi connectivity index (χ4n) is 2.29. The standard InChI is InChI=1S/C15H16BrClN2O3/c1-3-14(20)18-4-6-19(7-5-18)15(21)10-8-11(16)12(17)9-13(10)22-2/h3,8-9H,1,4-7H2,2H3. The zero-order valence-electron chi connectivity index (χ0n) is 12.1. The summed E-state index contributed by atoms with van der Waals surface area (Å²) in [5.74, 6) is 0.182. The average molecular weight is 388 g/mol. The van der Waals surface area contributed by atoms with Crippen molar-refractivity contribution < 1.29 is 14.3 Å². The summed E-state index contributed by atoms with van der Waals surface area (Å²) >= 11 is 9.34. The molecule has 0 saturated carbocycles. The van der Waals surface area contributed by atoms with E-state index < -0.39 is 0 Å². The van der Waals surface area contributed by atoms with Crippen molar-refractivity contribution >= 4 is 39.3 Å². The molecule has 2 amide bonds. The molecule has 0 radical (unpaired) electrons. The molecule has 5 nitrogen and oxygen atoms in total. The number of piperazine rings is 1. The molecule has 0 bridgehead atoms. The molecule has 22 heavy (non-hydrogen) atoms. The first-order valence-electron chi connectivity index (χ1n) is 6.71. The van der Waals surface area contributed by atoms with Crippen molar-refractivity contribution in [3.63, 3.8) is 0 Å². The fourth-order valence-corrected chi connectivity index (χ4v) is 2.79. The van der Waals surface area contributed by atoms with Gasteiger partial charge in [-0.3, -0.25) is 9.59 Å². The van der Waals surface area contributed by atoms with E-state index in [1.165, 1.54) is 13.2 Å². The van der Waals surface area contributed by atoms with Crippen molar-refractivity contribution in [3.8, 4) is 5.75 Å². The third-order valence-corrected chi connectivity index (χ3v) is 4.72. The summed E-state index contributed by atoms with van der Waals surface area (Å²) in [6.07, 6.45) is 1.29. The zero-order chi connectivity index (χ0) is 16.3. The predicted octanol–water partition coefficient (Wildman–Crippen LogP) is 2.58. The van der Waals surface area contributed by atoms with Gasteiger partial charge < -0.3 is 14.5 Å². The van der Waals surface area contributed by atoms with Crippen LogP contribution in [-0.4, -0.2) is 54.9 Å². The Hall–Kier alpha value is -1.53. The summed E-state index contributed by atoms with van der Waals surface area (Å²) in [6.45, 7) is 5.41. The lowest BCUT2D eigenvalue weighted by atomic mass is 10.1. The van der Waals surface area contributed by atoms with Crippen LogP contribution in [0.15, 0.2) is 29.3 Å². The number of ether oxygens (including phenoxy) is 1. The number of nitrogens with zero attached hydrogens (tertiary/aromatic N) is 2. The molecule has 1 aliphatic heterocycles. The van der Waals surface area contributed by atoms with Gasteiger partial charge in [-0.05, 0) is 28.1 Å². The van der Waals surface area contributed by atoms with Crippen LogP contribution >= 0.6 is 27.5 Å². The Kier molecular flexibility index (Phi) is 5.47. The van der Waals surface area contributed by atoms with E-state index in [4.69, 9.17) is 16.3 Å². The van der Waals surface area contributed by atoms with Gasteiger partial charge in [-0.25, -0.2) is 0 Å². The number of amides is 2. The molecule has 0 unspecified atom stereocenters. The van der Waals surface area contributed by atoms with E-state index >= 15 is 0 Å². The SMILES string of the molecule is C=CC(=O)N1CCN(C(=O)c2cc(Br)c(Cl)cc2OC)CC1. The quantitative estimate of drug-likeness (QED) is 0.749. The summed E-state index contributed by atoms with van der Waals surface area (Å²) in [4.78, 5) is 27.6. The number of rotatable bonds is 3. The Bertz CT molecular complexity index is 613. The number of carbonyl (C=O) groups is 2. The molecular weight excluding hydrogens is 372 g/mol. The van der Waals surface area contributed by atoms with Crippen LogP contribution in [0.2, 0.25) is 5.02 Å². The first-order chi connectivity index (χ1) is 10.5. The predicted molar refractivity (Wildman–Crippen MR) is 88.4 cm³/mol. The molecule has 1 aromatic rings. The van der Waals surface area contributed by atoms with E-state index in [0.29, 0.717) is 47.0 Å². The summed E-state index contributed by atoms with van der Waals surface area (Å²) < 4.78 is 5.88. The normalized spacial score (nSPS) is 14.7. The highest BCUT2D eigenvalue weighted by molar-refractivity contribution is 9.10. The number of carbonyl (C=O) groups excluding carboxylic acids is 2. The maximum absolute atomic E-state index is 12.6. The van der Waals surface area contributed by atoms with Crippen LogP contribution in [0, 0.1) is 0 Å². The van der Waals surface area contributed by atoms with Gasteiger partial charge in [-0.1, -0.05) is 18.2 Å². The van der Waals surface area contributed by atoms with Crippen LogP contribution in [0.25, 0.3) is 0 Å². The van der Waals surface area contributed by atoms with Gasteiger partial charge >= 0.3 is 0 Å². The molecule has 1 aliphatic rings. The smallest absolute Gasteiger partial charge is 0.257 e. The molecule has 1 heterocycles. The molecule has 118 valence electrons. The third-order valence-electron chi connectivity index (χ3n) is 3.53. The lowest BCUT2D eigenvalue weighted by molar-refractivity contribution is -0.127. The first kappa shape index (κ1) is 16.8. The number of halogens is 2. The van der Waals surface area contributed by atoms with Gasteiger partial charge in [0.15, 0.2) is 0 Å². The van der Waals surface area contributed by atoms with Gasteiger partial charge in [-0.2, -0.15) is 0 Å². The highest BCUT2D eigenvalue weighted by atomic mass is 79.9. The Balaban J connectivity index is 2.15. The molecule has 2 rings (SSSR count). The molecule has 0 aliphatic carbocycles. The number of hydrogen-bond donors (Lipinski definition) is 0. The van der Waals surface area contributed by atoms with Gasteiger partial charge in [0.1, 0.15) is 5.75 Å². The summed E-state index contributed by atoms with van der Waals surface area (Å²) in [7, 11) is 1.50. The highest BCUT2D eigenvalue weighted by Gasteiger charge is 2.26. The Morgan fingerprint density at radius 1 is 1.27 bits per heavy atom. The lowest BCUT2D eigenvalue weighted by Gasteiger charge is -2.34. The molecule has 1 aromatic carbocycles. The van der Waals surface area contributed by atoms with Crippen molar-refractivity contribution in [2.75, 3.05) is 33.3 Å². The van der Waals surface area contributed by atoms with Gasteiger partial charge in [-0.15, -0.1) is 0 Å². The minimum Gasteiger partial charge on any atom is -0.496 e. The van der Waals surface area contributed by atoms with Gasteiger partial charge in [0.25, 0.3) is 5.91 Å². The molecule has 0 aromatic heterocycles. The second-order valence-electron chi connectivity index (χ2n) is 4.79. The highest BCUT2D eigenvalue weighted by Crippen LogP contribution is 2.31. The molecule has 0 N–H and O–H groups in total. The van der Waals surface area contributed by atoms with Crippen molar-refractivity contribution in [1.29, 1.82) is 0 Å². The third kappa shape index (κ3) is 3.44. The molecule has 7 heteroatoms. The number of methoxy groups -OCH3 is 1.